The van der Waals surface area contributed by atoms with E-state index in [1.165, 1.54) is 11.8 Å². The number of aryl methyl sites for hydroxylation is 1. The predicted molar refractivity (Wildman–Crippen MR) is 77.4 cm³/mol. The van der Waals surface area contributed by atoms with Gasteiger partial charge in [0.25, 0.3) is 0 Å². The molecular formula is C14H10N4O2S. The minimum absolute atomic E-state index is 0.0946. The summed E-state index contributed by atoms with van der Waals surface area (Å²) in [4.78, 5) is 20.2. The van der Waals surface area contributed by atoms with Crippen LogP contribution in [0.5, 0.6) is 0 Å². The molecule has 1 aromatic carbocycles. The van der Waals surface area contributed by atoms with E-state index >= 15 is 0 Å². The van der Waals surface area contributed by atoms with Gasteiger partial charge in [0.2, 0.25) is 0 Å². The number of carbonyl (C=O) groups is 1. The number of fused-ring (bicyclic) bond motifs is 1. The van der Waals surface area contributed by atoms with Crippen LogP contribution < -0.4 is 0 Å². The van der Waals surface area contributed by atoms with Gasteiger partial charge in [-0.25, -0.2) is 14.8 Å². The van der Waals surface area contributed by atoms with E-state index in [2.05, 4.69) is 20.2 Å². The fourth-order valence-electron chi connectivity index (χ4n) is 1.80. The van der Waals surface area contributed by atoms with Crippen LogP contribution in [0, 0.1) is 6.92 Å². The summed E-state index contributed by atoms with van der Waals surface area (Å²) in [5.74, 6) is -1.12. The van der Waals surface area contributed by atoms with E-state index in [-0.39, 0.29) is 5.69 Å². The summed E-state index contributed by atoms with van der Waals surface area (Å²) in [5.41, 5.74) is 1.48. The number of aromatic nitrogens is 4. The van der Waals surface area contributed by atoms with Gasteiger partial charge in [0.15, 0.2) is 10.9 Å². The van der Waals surface area contributed by atoms with Crippen LogP contribution in [-0.2, 0) is 0 Å². The van der Waals surface area contributed by atoms with Crippen molar-refractivity contribution in [3.8, 4) is 0 Å². The SMILES string of the molecule is Cc1cnc(Sc2c(C(=O)O)nnc3ccccc23)nc1. The van der Waals surface area contributed by atoms with Gasteiger partial charge in [0.1, 0.15) is 0 Å². The molecule has 3 aromatic rings. The van der Waals surface area contributed by atoms with Crippen molar-refractivity contribution in [1.82, 2.24) is 20.2 Å². The van der Waals surface area contributed by atoms with Crippen LogP contribution in [0.4, 0.5) is 0 Å². The molecule has 2 heterocycles. The Morgan fingerprint density at radius 2 is 1.86 bits per heavy atom. The summed E-state index contributed by atoms with van der Waals surface area (Å²) in [7, 11) is 0. The van der Waals surface area contributed by atoms with Crippen LogP contribution in [0.25, 0.3) is 10.9 Å². The zero-order chi connectivity index (χ0) is 14.8. The molecule has 0 aliphatic carbocycles. The van der Waals surface area contributed by atoms with Crippen molar-refractivity contribution < 1.29 is 9.90 Å². The first-order valence-electron chi connectivity index (χ1n) is 6.10. The zero-order valence-electron chi connectivity index (χ0n) is 11.0. The number of benzene rings is 1. The molecule has 0 saturated heterocycles. The van der Waals surface area contributed by atoms with Gasteiger partial charge in [0.05, 0.1) is 10.4 Å². The number of carboxylic acids is 1. The maximum absolute atomic E-state index is 11.4. The monoisotopic (exact) mass is 298 g/mol. The van der Waals surface area contributed by atoms with Gasteiger partial charge in [0, 0.05) is 17.8 Å². The summed E-state index contributed by atoms with van der Waals surface area (Å²) in [6.07, 6.45) is 3.37. The van der Waals surface area contributed by atoms with Crippen LogP contribution in [0.2, 0.25) is 0 Å². The molecule has 1 N–H and O–H groups in total. The second-order valence-electron chi connectivity index (χ2n) is 4.35. The second kappa shape index (κ2) is 5.45. The topological polar surface area (TPSA) is 88.9 Å². The smallest absolute Gasteiger partial charge is 0.357 e. The molecule has 0 unspecified atom stereocenters. The van der Waals surface area contributed by atoms with Gasteiger partial charge in [-0.3, -0.25) is 0 Å². The standard InChI is InChI=1S/C14H10N4O2S/c1-8-6-15-14(16-7-8)21-12-9-4-2-3-5-10(9)17-18-11(12)13(19)20/h2-7H,1H3,(H,19,20). The molecule has 0 bridgehead atoms. The zero-order valence-corrected chi connectivity index (χ0v) is 11.8. The van der Waals surface area contributed by atoms with Crippen LogP contribution in [0.15, 0.2) is 46.7 Å². The molecule has 0 saturated carbocycles. The Hall–Kier alpha value is -2.54. The van der Waals surface area contributed by atoms with Crippen molar-refractivity contribution >= 4 is 28.6 Å². The van der Waals surface area contributed by atoms with E-state index in [9.17, 15) is 9.90 Å². The minimum Gasteiger partial charge on any atom is -0.476 e. The molecule has 0 radical (unpaired) electrons. The lowest BCUT2D eigenvalue weighted by molar-refractivity contribution is 0.0685. The van der Waals surface area contributed by atoms with E-state index in [1.807, 2.05) is 25.1 Å². The number of carboxylic acid groups (broad SMARTS) is 1. The summed E-state index contributed by atoms with van der Waals surface area (Å²) < 4.78 is 0. The highest BCUT2D eigenvalue weighted by Gasteiger charge is 2.18. The normalized spacial score (nSPS) is 10.7. The molecule has 0 spiro atoms. The molecule has 0 fully saturated rings. The molecule has 6 nitrogen and oxygen atoms in total. The first kappa shape index (κ1) is 13.4. The molecule has 0 aliphatic heterocycles. The van der Waals surface area contributed by atoms with Crippen LogP contribution in [-0.4, -0.2) is 31.2 Å². The summed E-state index contributed by atoms with van der Waals surface area (Å²) in [6, 6.07) is 7.25. The Balaban J connectivity index is 2.16. The number of rotatable bonds is 3. The first-order chi connectivity index (χ1) is 10.1. The quantitative estimate of drug-likeness (QED) is 0.743. The van der Waals surface area contributed by atoms with E-state index < -0.39 is 5.97 Å². The Morgan fingerprint density at radius 3 is 2.57 bits per heavy atom. The average Bonchev–Trinajstić information content (AvgIpc) is 2.49. The van der Waals surface area contributed by atoms with Gasteiger partial charge in [-0.2, -0.15) is 0 Å². The largest absolute Gasteiger partial charge is 0.476 e. The van der Waals surface area contributed by atoms with Gasteiger partial charge in [-0.1, -0.05) is 18.2 Å². The van der Waals surface area contributed by atoms with E-state index in [1.54, 1.807) is 18.5 Å². The maximum atomic E-state index is 11.4. The fraction of sp³-hybridized carbons (Fsp3) is 0.0714. The Morgan fingerprint density at radius 1 is 1.14 bits per heavy atom. The van der Waals surface area contributed by atoms with Crippen molar-refractivity contribution in [3.63, 3.8) is 0 Å². The lowest BCUT2D eigenvalue weighted by Gasteiger charge is -2.07. The van der Waals surface area contributed by atoms with E-state index in [0.29, 0.717) is 15.6 Å². The second-order valence-corrected chi connectivity index (χ2v) is 5.32. The Labute approximate surface area is 124 Å². The Bertz CT molecular complexity index is 821. The first-order valence-corrected chi connectivity index (χ1v) is 6.92. The third kappa shape index (κ3) is 2.68. The van der Waals surface area contributed by atoms with Crippen molar-refractivity contribution in [2.75, 3.05) is 0 Å². The van der Waals surface area contributed by atoms with Crippen molar-refractivity contribution in [1.29, 1.82) is 0 Å². The predicted octanol–water partition coefficient (Wildman–Crippen LogP) is 2.58. The van der Waals surface area contributed by atoms with Crippen LogP contribution in [0.3, 0.4) is 0 Å². The van der Waals surface area contributed by atoms with Gasteiger partial charge >= 0.3 is 5.97 Å². The van der Waals surface area contributed by atoms with Gasteiger partial charge in [-0.05, 0) is 30.3 Å². The molecule has 0 amide bonds. The Kier molecular flexibility index (Phi) is 3.49. The number of aromatic carboxylic acids is 1. The number of hydrogen-bond acceptors (Lipinski definition) is 6. The number of hydrogen-bond donors (Lipinski definition) is 1. The fourth-order valence-corrected chi connectivity index (χ4v) is 2.70. The molecular weight excluding hydrogens is 288 g/mol. The summed E-state index contributed by atoms with van der Waals surface area (Å²) in [6.45, 7) is 1.89. The highest BCUT2D eigenvalue weighted by atomic mass is 32.2. The number of nitrogens with zero attached hydrogens (tertiary/aromatic N) is 4. The van der Waals surface area contributed by atoms with Gasteiger partial charge in [-0.15, -0.1) is 10.2 Å². The highest BCUT2D eigenvalue weighted by molar-refractivity contribution is 7.99. The minimum atomic E-state index is -1.12. The maximum Gasteiger partial charge on any atom is 0.357 e. The molecule has 21 heavy (non-hydrogen) atoms. The van der Waals surface area contributed by atoms with Crippen LogP contribution in [0.1, 0.15) is 16.1 Å². The highest BCUT2D eigenvalue weighted by Crippen LogP contribution is 2.32. The van der Waals surface area contributed by atoms with Gasteiger partial charge < -0.3 is 5.11 Å². The third-order valence-electron chi connectivity index (χ3n) is 2.77. The lowest BCUT2D eigenvalue weighted by Crippen LogP contribution is -2.05. The summed E-state index contributed by atoms with van der Waals surface area (Å²) in [5, 5.41) is 18.2. The summed E-state index contributed by atoms with van der Waals surface area (Å²) >= 11 is 1.18. The van der Waals surface area contributed by atoms with Crippen LogP contribution >= 0.6 is 11.8 Å². The van der Waals surface area contributed by atoms with E-state index in [4.69, 9.17) is 0 Å². The van der Waals surface area contributed by atoms with Crippen molar-refractivity contribution in [2.45, 2.75) is 17.0 Å². The van der Waals surface area contributed by atoms with Crippen molar-refractivity contribution in [3.05, 3.63) is 47.9 Å². The third-order valence-corrected chi connectivity index (χ3v) is 3.79. The molecule has 3 rings (SSSR count). The molecule has 2 aromatic heterocycles. The average molecular weight is 298 g/mol. The molecule has 7 heteroatoms. The van der Waals surface area contributed by atoms with Crippen molar-refractivity contribution in [2.24, 2.45) is 0 Å². The lowest BCUT2D eigenvalue weighted by atomic mass is 10.2. The molecule has 0 aliphatic rings. The van der Waals surface area contributed by atoms with E-state index in [0.717, 1.165) is 10.9 Å². The molecule has 0 atom stereocenters. The molecule has 104 valence electrons.